The lowest BCUT2D eigenvalue weighted by Gasteiger charge is -2.28. The van der Waals surface area contributed by atoms with Gasteiger partial charge < -0.3 is 10.1 Å². The zero-order valence-electron chi connectivity index (χ0n) is 13.1. The lowest BCUT2D eigenvalue weighted by Crippen LogP contribution is -2.45. The van der Waals surface area contributed by atoms with Crippen LogP contribution in [0.15, 0.2) is 6.07 Å². The molecule has 1 aromatic rings. The average Bonchev–Trinajstić information content (AvgIpc) is 3.08. The molecule has 0 amide bonds. The SMILES string of the molecule is CCCc1cc(N[C@@H]2COC[C@H]2N2CCCC2)nc(C)n1. The Hall–Kier alpha value is -1.20. The normalized spacial score (nSPS) is 26.4. The van der Waals surface area contributed by atoms with Crippen LogP contribution in [-0.4, -0.2) is 53.3 Å². The summed E-state index contributed by atoms with van der Waals surface area (Å²) in [6, 6.07) is 2.92. The minimum Gasteiger partial charge on any atom is -0.378 e. The molecule has 21 heavy (non-hydrogen) atoms. The summed E-state index contributed by atoms with van der Waals surface area (Å²) >= 11 is 0. The van der Waals surface area contributed by atoms with E-state index in [1.165, 1.54) is 25.9 Å². The van der Waals surface area contributed by atoms with Crippen molar-refractivity contribution in [1.82, 2.24) is 14.9 Å². The summed E-state index contributed by atoms with van der Waals surface area (Å²) in [6.07, 6.45) is 4.75. The van der Waals surface area contributed by atoms with Gasteiger partial charge in [-0.2, -0.15) is 0 Å². The third kappa shape index (κ3) is 3.52. The number of hydrogen-bond acceptors (Lipinski definition) is 5. The molecule has 1 N–H and O–H groups in total. The van der Waals surface area contributed by atoms with Gasteiger partial charge in [-0.3, -0.25) is 4.90 Å². The van der Waals surface area contributed by atoms with Crippen molar-refractivity contribution in [1.29, 1.82) is 0 Å². The van der Waals surface area contributed by atoms with E-state index in [1.807, 2.05) is 6.92 Å². The number of aromatic nitrogens is 2. The van der Waals surface area contributed by atoms with Gasteiger partial charge in [-0.25, -0.2) is 9.97 Å². The van der Waals surface area contributed by atoms with Crippen LogP contribution in [0.4, 0.5) is 5.82 Å². The molecule has 2 atom stereocenters. The van der Waals surface area contributed by atoms with Gasteiger partial charge in [-0.1, -0.05) is 13.3 Å². The van der Waals surface area contributed by atoms with Gasteiger partial charge in [-0.05, 0) is 39.3 Å². The monoisotopic (exact) mass is 290 g/mol. The van der Waals surface area contributed by atoms with Gasteiger partial charge in [0.15, 0.2) is 0 Å². The highest BCUT2D eigenvalue weighted by Gasteiger charge is 2.34. The zero-order chi connectivity index (χ0) is 14.7. The van der Waals surface area contributed by atoms with Gasteiger partial charge in [0.05, 0.1) is 25.3 Å². The van der Waals surface area contributed by atoms with Crippen molar-refractivity contribution in [3.05, 3.63) is 17.6 Å². The van der Waals surface area contributed by atoms with Gasteiger partial charge in [0.2, 0.25) is 0 Å². The smallest absolute Gasteiger partial charge is 0.130 e. The van der Waals surface area contributed by atoms with Gasteiger partial charge in [0.25, 0.3) is 0 Å². The van der Waals surface area contributed by atoms with Crippen LogP contribution in [0, 0.1) is 6.92 Å². The first kappa shape index (κ1) is 14.7. The zero-order valence-corrected chi connectivity index (χ0v) is 13.1. The topological polar surface area (TPSA) is 50.3 Å². The Morgan fingerprint density at radius 2 is 2.10 bits per heavy atom. The molecule has 1 aromatic heterocycles. The van der Waals surface area contributed by atoms with E-state index < -0.39 is 0 Å². The van der Waals surface area contributed by atoms with Crippen molar-refractivity contribution in [2.45, 2.75) is 51.6 Å². The summed E-state index contributed by atoms with van der Waals surface area (Å²) in [7, 11) is 0. The molecule has 0 radical (unpaired) electrons. The van der Waals surface area contributed by atoms with Gasteiger partial charge in [0.1, 0.15) is 11.6 Å². The second kappa shape index (κ2) is 6.71. The molecule has 0 unspecified atom stereocenters. The first-order chi connectivity index (χ1) is 10.3. The van der Waals surface area contributed by atoms with E-state index in [0.29, 0.717) is 12.1 Å². The van der Waals surface area contributed by atoms with E-state index in [9.17, 15) is 0 Å². The molecule has 2 saturated heterocycles. The van der Waals surface area contributed by atoms with Crippen LogP contribution in [-0.2, 0) is 11.2 Å². The summed E-state index contributed by atoms with van der Waals surface area (Å²) < 4.78 is 5.71. The number of nitrogens with zero attached hydrogens (tertiary/aromatic N) is 3. The van der Waals surface area contributed by atoms with E-state index in [4.69, 9.17) is 4.74 Å². The summed E-state index contributed by atoms with van der Waals surface area (Å²) in [5, 5.41) is 3.59. The first-order valence-electron chi connectivity index (χ1n) is 8.19. The molecule has 2 fully saturated rings. The predicted octanol–water partition coefficient (Wildman–Crippen LogP) is 2.01. The molecule has 116 valence electrons. The molecule has 3 rings (SSSR count). The molecule has 5 heteroatoms. The largest absolute Gasteiger partial charge is 0.378 e. The number of likely N-dealkylation sites (tertiary alicyclic amines) is 1. The van der Waals surface area contributed by atoms with Crippen LogP contribution in [0.2, 0.25) is 0 Å². The van der Waals surface area contributed by atoms with Crippen LogP contribution < -0.4 is 5.32 Å². The lowest BCUT2D eigenvalue weighted by atomic mass is 10.1. The van der Waals surface area contributed by atoms with Crippen LogP contribution in [0.1, 0.15) is 37.7 Å². The van der Waals surface area contributed by atoms with Gasteiger partial charge >= 0.3 is 0 Å². The average molecular weight is 290 g/mol. The predicted molar refractivity (Wildman–Crippen MR) is 83.6 cm³/mol. The maximum atomic E-state index is 5.71. The molecule has 2 aliphatic heterocycles. The molecule has 5 nitrogen and oxygen atoms in total. The molecule has 0 aromatic carbocycles. The fourth-order valence-electron chi connectivity index (χ4n) is 3.39. The molecule has 0 aliphatic carbocycles. The highest BCUT2D eigenvalue weighted by molar-refractivity contribution is 5.38. The number of ether oxygens (including phenoxy) is 1. The minimum atomic E-state index is 0.340. The van der Waals surface area contributed by atoms with Crippen molar-refractivity contribution < 1.29 is 4.74 Å². The van der Waals surface area contributed by atoms with E-state index >= 15 is 0 Å². The fourth-order valence-corrected chi connectivity index (χ4v) is 3.39. The van der Waals surface area contributed by atoms with Crippen molar-refractivity contribution in [3.8, 4) is 0 Å². The number of nitrogens with one attached hydrogen (secondary N) is 1. The van der Waals surface area contributed by atoms with Crippen LogP contribution >= 0.6 is 0 Å². The fraction of sp³-hybridized carbons (Fsp3) is 0.750. The Bertz CT molecular complexity index is 473. The Kier molecular flexibility index (Phi) is 4.70. The van der Waals surface area contributed by atoms with Crippen molar-refractivity contribution in [3.63, 3.8) is 0 Å². The summed E-state index contributed by atoms with van der Waals surface area (Å²) in [5.41, 5.74) is 1.13. The van der Waals surface area contributed by atoms with Crippen LogP contribution in [0.5, 0.6) is 0 Å². The highest BCUT2D eigenvalue weighted by atomic mass is 16.5. The summed E-state index contributed by atoms with van der Waals surface area (Å²) in [4.78, 5) is 11.6. The Morgan fingerprint density at radius 1 is 1.29 bits per heavy atom. The molecule has 0 bridgehead atoms. The quantitative estimate of drug-likeness (QED) is 0.899. The van der Waals surface area contributed by atoms with Crippen molar-refractivity contribution in [2.75, 3.05) is 31.6 Å². The van der Waals surface area contributed by atoms with Gasteiger partial charge in [-0.15, -0.1) is 0 Å². The molecule has 2 aliphatic rings. The maximum absolute atomic E-state index is 5.71. The van der Waals surface area contributed by atoms with Crippen LogP contribution in [0.25, 0.3) is 0 Å². The standard InChI is InChI=1S/C16H26N4O/c1-3-6-13-9-16(18-12(2)17-13)19-14-10-21-11-15(14)20-7-4-5-8-20/h9,14-15H,3-8,10-11H2,1-2H3,(H,17,18,19)/t14-,15-/m1/s1. The number of aryl methyl sites for hydroxylation is 2. The number of rotatable bonds is 5. The van der Waals surface area contributed by atoms with Crippen LogP contribution in [0.3, 0.4) is 0 Å². The summed E-state index contributed by atoms with van der Waals surface area (Å²) in [6.45, 7) is 8.16. The third-order valence-corrected chi connectivity index (χ3v) is 4.39. The Balaban J connectivity index is 1.69. The van der Waals surface area contributed by atoms with Crippen molar-refractivity contribution in [2.24, 2.45) is 0 Å². The second-order valence-electron chi connectivity index (χ2n) is 6.14. The summed E-state index contributed by atoms with van der Waals surface area (Å²) in [5.74, 6) is 1.80. The van der Waals surface area contributed by atoms with E-state index in [0.717, 1.165) is 43.4 Å². The molecule has 3 heterocycles. The van der Waals surface area contributed by atoms with E-state index in [-0.39, 0.29) is 0 Å². The number of hydrogen-bond donors (Lipinski definition) is 1. The molecule has 0 spiro atoms. The van der Waals surface area contributed by atoms with Crippen molar-refractivity contribution >= 4 is 5.82 Å². The van der Waals surface area contributed by atoms with E-state index in [1.54, 1.807) is 0 Å². The third-order valence-electron chi connectivity index (χ3n) is 4.39. The van der Waals surface area contributed by atoms with Gasteiger partial charge in [0, 0.05) is 11.8 Å². The second-order valence-corrected chi connectivity index (χ2v) is 6.14. The Labute approximate surface area is 127 Å². The maximum Gasteiger partial charge on any atom is 0.130 e. The number of anilines is 1. The lowest BCUT2D eigenvalue weighted by molar-refractivity contribution is 0.159. The minimum absolute atomic E-state index is 0.340. The van der Waals surface area contributed by atoms with E-state index in [2.05, 4.69) is 33.2 Å². The molecule has 0 saturated carbocycles. The molecular weight excluding hydrogens is 264 g/mol. The first-order valence-corrected chi connectivity index (χ1v) is 8.19. The Morgan fingerprint density at radius 3 is 2.86 bits per heavy atom. The molecular formula is C16H26N4O. The highest BCUT2D eigenvalue weighted by Crippen LogP contribution is 2.22.